The van der Waals surface area contributed by atoms with Crippen molar-refractivity contribution >= 4 is 11.3 Å². The minimum atomic E-state index is 0.177. The maximum atomic E-state index is 5.47. The van der Waals surface area contributed by atoms with Gasteiger partial charge >= 0.3 is 0 Å². The fourth-order valence-corrected chi connectivity index (χ4v) is 4.31. The molecular formula is C15H24N2OS. The van der Waals surface area contributed by atoms with Gasteiger partial charge in [0, 0.05) is 30.3 Å². The van der Waals surface area contributed by atoms with Crippen LogP contribution in [0.15, 0.2) is 5.38 Å². The summed E-state index contributed by atoms with van der Waals surface area (Å²) in [5.41, 5.74) is 1.34. The first kappa shape index (κ1) is 13.5. The molecule has 106 valence electrons. The molecule has 1 atom stereocenters. The summed E-state index contributed by atoms with van der Waals surface area (Å²) in [4.78, 5) is 4.73. The van der Waals surface area contributed by atoms with E-state index >= 15 is 0 Å². The number of thiazole rings is 1. The number of hydrogen-bond donors (Lipinski definition) is 1. The summed E-state index contributed by atoms with van der Waals surface area (Å²) in [5, 5.41) is 7.40. The first-order chi connectivity index (χ1) is 9.20. The summed E-state index contributed by atoms with van der Waals surface area (Å²) in [5.74, 6) is 0.757. The van der Waals surface area contributed by atoms with Gasteiger partial charge in [0.15, 0.2) is 0 Å². The van der Waals surface area contributed by atoms with Crippen LogP contribution in [0, 0.1) is 12.8 Å². The summed E-state index contributed by atoms with van der Waals surface area (Å²) >= 11 is 1.82. The van der Waals surface area contributed by atoms with Gasteiger partial charge in [0.1, 0.15) is 5.01 Å². The van der Waals surface area contributed by atoms with Crippen LogP contribution in [0.1, 0.15) is 49.7 Å². The van der Waals surface area contributed by atoms with Crippen molar-refractivity contribution in [2.24, 2.45) is 5.92 Å². The van der Waals surface area contributed by atoms with Crippen molar-refractivity contribution in [1.29, 1.82) is 0 Å². The van der Waals surface area contributed by atoms with E-state index < -0.39 is 0 Å². The summed E-state index contributed by atoms with van der Waals surface area (Å²) in [6, 6.07) is 0.563. The molecule has 0 radical (unpaired) electrons. The molecule has 2 heterocycles. The second-order valence-corrected chi connectivity index (χ2v) is 6.97. The van der Waals surface area contributed by atoms with Gasteiger partial charge in [-0.3, -0.25) is 0 Å². The Hall–Kier alpha value is -0.450. The highest BCUT2D eigenvalue weighted by molar-refractivity contribution is 7.09. The lowest BCUT2D eigenvalue weighted by molar-refractivity contribution is 0.0436. The number of aryl methyl sites for hydroxylation is 1. The van der Waals surface area contributed by atoms with Crippen molar-refractivity contribution in [3.8, 4) is 0 Å². The predicted molar refractivity (Wildman–Crippen MR) is 78.5 cm³/mol. The molecule has 3 nitrogen and oxygen atoms in total. The molecule has 0 bridgehead atoms. The zero-order valence-corrected chi connectivity index (χ0v) is 12.8. The zero-order valence-electron chi connectivity index (χ0n) is 11.9. The largest absolute Gasteiger partial charge is 0.381 e. The molecule has 1 aliphatic carbocycles. The third-order valence-corrected chi connectivity index (χ3v) is 5.88. The van der Waals surface area contributed by atoms with E-state index in [1.165, 1.54) is 37.1 Å². The topological polar surface area (TPSA) is 34.1 Å². The van der Waals surface area contributed by atoms with Crippen LogP contribution >= 0.6 is 11.3 Å². The molecule has 0 aromatic carbocycles. The van der Waals surface area contributed by atoms with Crippen molar-refractivity contribution in [1.82, 2.24) is 10.3 Å². The van der Waals surface area contributed by atoms with Gasteiger partial charge in [0.05, 0.1) is 5.54 Å². The Balaban J connectivity index is 1.69. The molecule has 0 amide bonds. The normalized spacial score (nSPS) is 24.9. The van der Waals surface area contributed by atoms with E-state index in [4.69, 9.17) is 9.72 Å². The Bertz CT molecular complexity index is 422. The van der Waals surface area contributed by atoms with Gasteiger partial charge in [-0.1, -0.05) is 0 Å². The lowest BCUT2D eigenvalue weighted by atomic mass is 9.75. The van der Waals surface area contributed by atoms with E-state index in [2.05, 4.69) is 24.5 Å². The minimum Gasteiger partial charge on any atom is -0.381 e. The van der Waals surface area contributed by atoms with Gasteiger partial charge in [-0.05, 0) is 51.9 Å². The lowest BCUT2D eigenvalue weighted by Crippen LogP contribution is -2.54. The maximum Gasteiger partial charge on any atom is 0.113 e. The Morgan fingerprint density at radius 3 is 2.68 bits per heavy atom. The number of nitrogens with one attached hydrogen (secondary N) is 1. The zero-order chi connectivity index (χ0) is 13.3. The summed E-state index contributed by atoms with van der Waals surface area (Å²) < 4.78 is 5.47. The molecule has 1 aromatic rings. The first-order valence-corrected chi connectivity index (χ1v) is 8.36. The van der Waals surface area contributed by atoms with Crippen LogP contribution in [0.4, 0.5) is 0 Å². The van der Waals surface area contributed by atoms with Crippen LogP contribution in [-0.2, 0) is 10.3 Å². The van der Waals surface area contributed by atoms with Gasteiger partial charge in [-0.15, -0.1) is 11.3 Å². The molecule has 0 unspecified atom stereocenters. The molecule has 1 saturated heterocycles. The predicted octanol–water partition coefficient (Wildman–Crippen LogP) is 3.24. The Kier molecular flexibility index (Phi) is 3.92. The third-order valence-electron chi connectivity index (χ3n) is 4.71. The highest BCUT2D eigenvalue weighted by Crippen LogP contribution is 2.43. The monoisotopic (exact) mass is 280 g/mol. The molecular weight excluding hydrogens is 256 g/mol. The number of aromatic nitrogens is 1. The smallest absolute Gasteiger partial charge is 0.113 e. The number of hydrogen-bond acceptors (Lipinski definition) is 4. The molecule has 19 heavy (non-hydrogen) atoms. The molecule has 1 N–H and O–H groups in total. The maximum absolute atomic E-state index is 5.47. The van der Waals surface area contributed by atoms with E-state index in [1.807, 2.05) is 11.3 Å². The van der Waals surface area contributed by atoms with Gasteiger partial charge in [0.2, 0.25) is 0 Å². The molecule has 4 heteroatoms. The fourth-order valence-electron chi connectivity index (χ4n) is 3.29. The quantitative estimate of drug-likeness (QED) is 0.919. The Labute approximate surface area is 119 Å². The van der Waals surface area contributed by atoms with Gasteiger partial charge in [-0.2, -0.15) is 0 Å². The number of ether oxygens (including phenoxy) is 1. The van der Waals surface area contributed by atoms with Crippen LogP contribution in [-0.4, -0.2) is 24.2 Å². The molecule has 2 fully saturated rings. The Morgan fingerprint density at radius 2 is 2.16 bits per heavy atom. The molecule has 1 aromatic heterocycles. The molecule has 2 aliphatic rings. The van der Waals surface area contributed by atoms with Crippen LogP contribution < -0.4 is 5.32 Å². The second-order valence-electron chi connectivity index (χ2n) is 6.11. The highest BCUT2D eigenvalue weighted by atomic mass is 32.1. The standard InChI is InChI=1S/C15H24N2OS/c1-11-10-19-14(16-11)15(6-3-7-15)17-12(2)13-4-8-18-9-5-13/h10,12-13,17H,3-9H2,1-2H3/t12-/m0/s1. The van der Waals surface area contributed by atoms with E-state index in [0.29, 0.717) is 6.04 Å². The summed E-state index contributed by atoms with van der Waals surface area (Å²) in [6.45, 7) is 6.30. The van der Waals surface area contributed by atoms with Crippen LogP contribution in [0.5, 0.6) is 0 Å². The number of nitrogens with zero attached hydrogens (tertiary/aromatic N) is 1. The minimum absolute atomic E-state index is 0.177. The van der Waals surface area contributed by atoms with Crippen molar-refractivity contribution in [3.63, 3.8) is 0 Å². The average molecular weight is 280 g/mol. The highest BCUT2D eigenvalue weighted by Gasteiger charge is 2.42. The number of rotatable bonds is 4. The van der Waals surface area contributed by atoms with Crippen molar-refractivity contribution in [3.05, 3.63) is 16.1 Å². The molecule has 1 aliphatic heterocycles. The van der Waals surface area contributed by atoms with Crippen LogP contribution in [0.3, 0.4) is 0 Å². The van der Waals surface area contributed by atoms with E-state index in [-0.39, 0.29) is 5.54 Å². The van der Waals surface area contributed by atoms with E-state index in [1.54, 1.807) is 0 Å². The molecule has 1 saturated carbocycles. The second kappa shape index (κ2) is 5.51. The van der Waals surface area contributed by atoms with Crippen LogP contribution in [0.25, 0.3) is 0 Å². The Morgan fingerprint density at radius 1 is 1.42 bits per heavy atom. The van der Waals surface area contributed by atoms with E-state index in [9.17, 15) is 0 Å². The van der Waals surface area contributed by atoms with E-state index in [0.717, 1.165) is 24.8 Å². The van der Waals surface area contributed by atoms with Gasteiger partial charge < -0.3 is 10.1 Å². The van der Waals surface area contributed by atoms with Gasteiger partial charge in [0.25, 0.3) is 0 Å². The van der Waals surface area contributed by atoms with Crippen molar-refractivity contribution in [2.45, 2.75) is 57.5 Å². The average Bonchev–Trinajstić information content (AvgIpc) is 2.81. The fraction of sp³-hybridized carbons (Fsp3) is 0.800. The SMILES string of the molecule is Cc1csc(C2(N[C@@H](C)C3CCOCC3)CCC2)n1. The molecule has 0 spiro atoms. The van der Waals surface area contributed by atoms with Gasteiger partial charge in [-0.25, -0.2) is 4.98 Å². The van der Waals surface area contributed by atoms with Crippen molar-refractivity contribution in [2.75, 3.05) is 13.2 Å². The molecule has 3 rings (SSSR count). The first-order valence-electron chi connectivity index (χ1n) is 7.48. The van der Waals surface area contributed by atoms with Crippen LogP contribution in [0.2, 0.25) is 0 Å². The summed E-state index contributed by atoms with van der Waals surface area (Å²) in [7, 11) is 0. The lowest BCUT2D eigenvalue weighted by Gasteiger charge is -2.45. The third kappa shape index (κ3) is 2.71. The van der Waals surface area contributed by atoms with Crippen molar-refractivity contribution < 1.29 is 4.74 Å². The summed E-state index contributed by atoms with van der Waals surface area (Å²) in [6.07, 6.45) is 6.20.